The lowest BCUT2D eigenvalue weighted by Crippen LogP contribution is -2.47. The van der Waals surface area contributed by atoms with E-state index in [1.54, 1.807) is 18.2 Å². The third kappa shape index (κ3) is 5.19. The average Bonchev–Trinajstić information content (AvgIpc) is 3.15. The molecule has 0 aromatic heterocycles. The summed E-state index contributed by atoms with van der Waals surface area (Å²) in [6.45, 7) is 2.19. The number of benzene rings is 2. The summed E-state index contributed by atoms with van der Waals surface area (Å²) in [4.78, 5) is 24.4. The highest BCUT2D eigenvalue weighted by Gasteiger charge is 2.34. The number of carbonyl (C=O) groups is 2. The van der Waals surface area contributed by atoms with Crippen LogP contribution in [-0.2, 0) is 9.59 Å². The first-order valence-electron chi connectivity index (χ1n) is 8.55. The number of rotatable bonds is 5. The maximum atomic E-state index is 12.4. The Bertz CT molecular complexity index is 813. The Kier molecular flexibility index (Phi) is 6.28. The van der Waals surface area contributed by atoms with Gasteiger partial charge in [0.1, 0.15) is 5.75 Å². The maximum absolute atomic E-state index is 12.4. The lowest BCUT2D eigenvalue weighted by molar-refractivity contribution is -0.132. The molecule has 1 aliphatic heterocycles. The number of ether oxygens (including phenoxy) is 1. The van der Waals surface area contributed by atoms with Crippen LogP contribution in [0.5, 0.6) is 5.75 Å². The van der Waals surface area contributed by atoms with Gasteiger partial charge in [0, 0.05) is 11.6 Å². The van der Waals surface area contributed by atoms with Crippen LogP contribution in [0.4, 0.5) is 0 Å². The highest BCUT2D eigenvalue weighted by molar-refractivity contribution is 6.30. The fourth-order valence-electron chi connectivity index (χ4n) is 2.84. The molecular formula is C19H21ClN4O3. The van der Waals surface area contributed by atoms with Gasteiger partial charge in [-0.1, -0.05) is 35.9 Å². The van der Waals surface area contributed by atoms with Crippen LogP contribution in [0.2, 0.25) is 5.02 Å². The van der Waals surface area contributed by atoms with Crippen LogP contribution in [0.3, 0.4) is 0 Å². The topological polar surface area (TPSA) is 91.5 Å². The number of hydrogen-bond acceptors (Lipinski definition) is 5. The molecule has 8 heteroatoms. The standard InChI is InChI=1S/C19H21ClN4O3/c1-12-3-2-4-15(9-12)27-11-17(25)22-24-19(26)16-10-21-23-18(16)13-5-7-14(20)8-6-13/h2-9,16,18,21,23H,10-11H2,1H3,(H,22,25)(H,24,26). The molecule has 2 aromatic carbocycles. The minimum Gasteiger partial charge on any atom is -0.484 e. The third-order valence-electron chi connectivity index (χ3n) is 4.23. The summed E-state index contributed by atoms with van der Waals surface area (Å²) in [5.74, 6) is -0.518. The molecule has 0 saturated carbocycles. The Labute approximate surface area is 162 Å². The zero-order valence-electron chi connectivity index (χ0n) is 14.8. The van der Waals surface area contributed by atoms with Crippen molar-refractivity contribution in [3.63, 3.8) is 0 Å². The zero-order valence-corrected chi connectivity index (χ0v) is 15.5. The lowest BCUT2D eigenvalue weighted by atomic mass is 9.94. The molecule has 2 amide bonds. The van der Waals surface area contributed by atoms with Crippen molar-refractivity contribution in [2.45, 2.75) is 13.0 Å². The van der Waals surface area contributed by atoms with Crippen molar-refractivity contribution in [3.05, 3.63) is 64.7 Å². The molecule has 1 fully saturated rings. The number of hydrogen-bond donors (Lipinski definition) is 4. The van der Waals surface area contributed by atoms with E-state index in [-0.39, 0.29) is 24.5 Å². The van der Waals surface area contributed by atoms with Crippen LogP contribution < -0.4 is 26.4 Å². The SMILES string of the molecule is Cc1cccc(OCC(=O)NNC(=O)C2CNNC2c2ccc(Cl)cc2)c1. The second kappa shape index (κ2) is 8.85. The summed E-state index contributed by atoms with van der Waals surface area (Å²) in [7, 11) is 0. The molecule has 0 aliphatic carbocycles. The van der Waals surface area contributed by atoms with Gasteiger partial charge in [-0.15, -0.1) is 0 Å². The molecule has 3 rings (SSSR count). The lowest BCUT2D eigenvalue weighted by Gasteiger charge is -2.18. The van der Waals surface area contributed by atoms with Crippen LogP contribution in [0.1, 0.15) is 17.2 Å². The van der Waals surface area contributed by atoms with E-state index in [4.69, 9.17) is 16.3 Å². The second-order valence-electron chi connectivity index (χ2n) is 6.30. The van der Waals surface area contributed by atoms with E-state index in [1.165, 1.54) is 0 Å². The molecule has 1 saturated heterocycles. The molecule has 27 heavy (non-hydrogen) atoms. The fourth-order valence-corrected chi connectivity index (χ4v) is 2.97. The van der Waals surface area contributed by atoms with E-state index in [2.05, 4.69) is 21.7 Å². The first kappa shape index (κ1) is 19.2. The van der Waals surface area contributed by atoms with Crippen LogP contribution in [0, 0.1) is 12.8 Å². The van der Waals surface area contributed by atoms with Crippen LogP contribution in [-0.4, -0.2) is 25.0 Å². The third-order valence-corrected chi connectivity index (χ3v) is 4.48. The molecule has 2 aromatic rings. The van der Waals surface area contributed by atoms with Crippen molar-refractivity contribution in [2.24, 2.45) is 5.92 Å². The van der Waals surface area contributed by atoms with Crippen LogP contribution in [0.25, 0.3) is 0 Å². The molecule has 1 aliphatic rings. The number of halogens is 1. The quantitative estimate of drug-likeness (QED) is 0.584. The molecule has 2 atom stereocenters. The Hall–Kier alpha value is -2.61. The Balaban J connectivity index is 1.49. The Morgan fingerprint density at radius 1 is 1.19 bits per heavy atom. The van der Waals surface area contributed by atoms with Crippen molar-refractivity contribution in [1.29, 1.82) is 0 Å². The molecule has 0 spiro atoms. The van der Waals surface area contributed by atoms with Crippen molar-refractivity contribution < 1.29 is 14.3 Å². The summed E-state index contributed by atoms with van der Waals surface area (Å²) in [5, 5.41) is 0.631. The van der Waals surface area contributed by atoms with E-state index in [9.17, 15) is 9.59 Å². The summed E-state index contributed by atoms with van der Waals surface area (Å²) >= 11 is 5.91. The number of hydrazine groups is 2. The van der Waals surface area contributed by atoms with Gasteiger partial charge in [0.15, 0.2) is 6.61 Å². The first-order valence-corrected chi connectivity index (χ1v) is 8.93. The van der Waals surface area contributed by atoms with E-state index in [1.807, 2.05) is 37.3 Å². The second-order valence-corrected chi connectivity index (χ2v) is 6.74. The Morgan fingerprint density at radius 3 is 2.70 bits per heavy atom. The van der Waals surface area contributed by atoms with Gasteiger partial charge in [-0.3, -0.25) is 25.9 Å². The van der Waals surface area contributed by atoms with E-state index in [0.29, 0.717) is 17.3 Å². The van der Waals surface area contributed by atoms with Gasteiger partial charge in [0.05, 0.1) is 12.0 Å². The van der Waals surface area contributed by atoms with E-state index in [0.717, 1.165) is 11.1 Å². The van der Waals surface area contributed by atoms with Crippen molar-refractivity contribution in [1.82, 2.24) is 21.7 Å². The van der Waals surface area contributed by atoms with Crippen LogP contribution >= 0.6 is 11.6 Å². The van der Waals surface area contributed by atoms with Crippen molar-refractivity contribution >= 4 is 23.4 Å². The van der Waals surface area contributed by atoms with Crippen molar-refractivity contribution in [3.8, 4) is 5.75 Å². The normalized spacial score (nSPS) is 18.7. The zero-order chi connectivity index (χ0) is 19.2. The molecule has 2 unspecified atom stereocenters. The van der Waals surface area contributed by atoms with Gasteiger partial charge in [-0.2, -0.15) is 0 Å². The molecule has 0 radical (unpaired) electrons. The van der Waals surface area contributed by atoms with Gasteiger partial charge in [0.2, 0.25) is 5.91 Å². The van der Waals surface area contributed by atoms with Crippen LogP contribution in [0.15, 0.2) is 48.5 Å². The van der Waals surface area contributed by atoms with Gasteiger partial charge >= 0.3 is 0 Å². The molecule has 142 valence electrons. The minimum absolute atomic E-state index is 0.189. The molecule has 4 N–H and O–H groups in total. The minimum atomic E-state index is -0.438. The summed E-state index contributed by atoms with van der Waals surface area (Å²) in [5.41, 5.74) is 12.9. The molecule has 7 nitrogen and oxygen atoms in total. The summed E-state index contributed by atoms with van der Waals surface area (Å²) in [6, 6.07) is 14.4. The highest BCUT2D eigenvalue weighted by atomic mass is 35.5. The number of aryl methyl sites for hydroxylation is 1. The number of carbonyl (C=O) groups excluding carboxylic acids is 2. The largest absolute Gasteiger partial charge is 0.484 e. The molecular weight excluding hydrogens is 368 g/mol. The van der Waals surface area contributed by atoms with Gasteiger partial charge in [-0.25, -0.2) is 5.43 Å². The summed E-state index contributed by atoms with van der Waals surface area (Å²) < 4.78 is 5.41. The first-order chi connectivity index (χ1) is 13.0. The van der Waals surface area contributed by atoms with E-state index < -0.39 is 5.91 Å². The predicted molar refractivity (Wildman–Crippen MR) is 102 cm³/mol. The highest BCUT2D eigenvalue weighted by Crippen LogP contribution is 2.26. The fraction of sp³-hybridized carbons (Fsp3) is 0.263. The van der Waals surface area contributed by atoms with E-state index >= 15 is 0 Å². The Morgan fingerprint density at radius 2 is 1.96 bits per heavy atom. The van der Waals surface area contributed by atoms with Crippen molar-refractivity contribution in [2.75, 3.05) is 13.2 Å². The van der Waals surface area contributed by atoms with Gasteiger partial charge in [0.25, 0.3) is 5.91 Å². The number of amides is 2. The molecule has 0 bridgehead atoms. The number of nitrogens with one attached hydrogen (secondary N) is 4. The monoisotopic (exact) mass is 388 g/mol. The van der Waals surface area contributed by atoms with Gasteiger partial charge < -0.3 is 4.74 Å². The molecule has 1 heterocycles. The average molecular weight is 389 g/mol. The van der Waals surface area contributed by atoms with Gasteiger partial charge in [-0.05, 0) is 42.3 Å². The smallest absolute Gasteiger partial charge is 0.276 e. The predicted octanol–water partition coefficient (Wildman–Crippen LogP) is 1.64. The maximum Gasteiger partial charge on any atom is 0.276 e. The summed E-state index contributed by atoms with van der Waals surface area (Å²) in [6.07, 6.45) is 0.